The molecule has 1 aliphatic rings. The molecule has 0 unspecified atom stereocenters. The Bertz CT molecular complexity index is 660. The third kappa shape index (κ3) is 4.38. The molecule has 2 heterocycles. The highest BCUT2D eigenvalue weighted by molar-refractivity contribution is 5.61. The summed E-state index contributed by atoms with van der Waals surface area (Å²) in [4.78, 5) is 9.11. The van der Waals surface area contributed by atoms with Crippen LogP contribution in [-0.4, -0.2) is 41.4 Å². The summed E-state index contributed by atoms with van der Waals surface area (Å²) in [6.07, 6.45) is 4.22. The van der Waals surface area contributed by atoms with Crippen LogP contribution in [0.15, 0.2) is 30.5 Å². The number of hydrogen-bond acceptors (Lipinski definition) is 6. The lowest BCUT2D eigenvalue weighted by Crippen LogP contribution is -2.32. The van der Waals surface area contributed by atoms with Crippen molar-refractivity contribution >= 4 is 23.1 Å². The van der Waals surface area contributed by atoms with Gasteiger partial charge in [0.25, 0.3) is 0 Å². The fourth-order valence-corrected chi connectivity index (χ4v) is 3.17. The van der Waals surface area contributed by atoms with Crippen molar-refractivity contribution in [3.8, 4) is 0 Å². The first kappa shape index (κ1) is 17.5. The summed E-state index contributed by atoms with van der Waals surface area (Å²) in [7, 11) is 0. The van der Waals surface area contributed by atoms with Gasteiger partial charge in [-0.05, 0) is 56.9 Å². The zero-order chi connectivity index (χ0) is 17.6. The summed E-state index contributed by atoms with van der Waals surface area (Å²) in [6.45, 7) is 10.6. The number of benzene rings is 1. The van der Waals surface area contributed by atoms with Gasteiger partial charge in [-0.1, -0.05) is 6.92 Å². The first-order valence-electron chi connectivity index (χ1n) is 9.26. The van der Waals surface area contributed by atoms with Crippen LogP contribution < -0.4 is 15.1 Å². The Morgan fingerprint density at radius 3 is 2.44 bits per heavy atom. The third-order valence-corrected chi connectivity index (χ3v) is 4.88. The van der Waals surface area contributed by atoms with Gasteiger partial charge in [0, 0.05) is 37.6 Å². The van der Waals surface area contributed by atoms with Gasteiger partial charge < -0.3 is 15.1 Å². The van der Waals surface area contributed by atoms with Gasteiger partial charge in [-0.3, -0.25) is 0 Å². The maximum atomic E-state index is 4.56. The fourth-order valence-electron chi connectivity index (χ4n) is 3.17. The molecule has 25 heavy (non-hydrogen) atoms. The van der Waals surface area contributed by atoms with Crippen molar-refractivity contribution in [3.05, 3.63) is 30.5 Å². The molecule has 0 atom stereocenters. The number of nitrogens with zero attached hydrogens (tertiary/aromatic N) is 5. The highest BCUT2D eigenvalue weighted by Crippen LogP contribution is 2.25. The van der Waals surface area contributed by atoms with Crippen LogP contribution in [0.3, 0.4) is 0 Å². The minimum absolute atomic E-state index is 0.661. The molecule has 134 valence electrons. The Morgan fingerprint density at radius 1 is 1.12 bits per heavy atom. The molecule has 0 bridgehead atoms. The highest BCUT2D eigenvalue weighted by atomic mass is 15.3. The second-order valence-corrected chi connectivity index (χ2v) is 6.66. The molecule has 3 rings (SSSR count). The fraction of sp³-hybridized carbons (Fsp3) is 0.526. The number of aromatic nitrogens is 3. The topological polar surface area (TPSA) is 57.2 Å². The predicted octanol–water partition coefficient (Wildman–Crippen LogP) is 3.70. The molecule has 0 aliphatic carbocycles. The summed E-state index contributed by atoms with van der Waals surface area (Å²) in [5.74, 6) is 2.23. The second kappa shape index (κ2) is 8.14. The minimum atomic E-state index is 0.661. The SMILES string of the molecule is CCN(CC)c1nncc(Nc2ccc(N3CCC(C)CC3)cc2)n1. The van der Waals surface area contributed by atoms with Gasteiger partial charge in [0.15, 0.2) is 5.82 Å². The van der Waals surface area contributed by atoms with E-state index in [4.69, 9.17) is 0 Å². The standard InChI is InChI=1S/C19H28N6/c1-4-24(5-2)19-22-18(14-20-23-19)21-16-6-8-17(9-7-16)25-12-10-15(3)11-13-25/h6-9,14-15H,4-5,10-13H2,1-3H3,(H,21,22,23). The molecule has 6 heteroatoms. The molecule has 1 N–H and O–H groups in total. The van der Waals surface area contributed by atoms with Gasteiger partial charge >= 0.3 is 0 Å². The number of rotatable bonds is 6. The minimum Gasteiger partial charge on any atom is -0.372 e. The summed E-state index contributed by atoms with van der Waals surface area (Å²) in [5, 5.41) is 11.5. The molecule has 1 aromatic carbocycles. The maximum absolute atomic E-state index is 4.56. The van der Waals surface area contributed by atoms with E-state index >= 15 is 0 Å². The van der Waals surface area contributed by atoms with E-state index < -0.39 is 0 Å². The van der Waals surface area contributed by atoms with E-state index in [1.807, 2.05) is 0 Å². The van der Waals surface area contributed by atoms with Crippen molar-refractivity contribution in [2.45, 2.75) is 33.6 Å². The van der Waals surface area contributed by atoms with E-state index in [1.165, 1.54) is 18.5 Å². The lowest BCUT2D eigenvalue weighted by atomic mass is 9.99. The zero-order valence-electron chi connectivity index (χ0n) is 15.4. The molecule has 0 radical (unpaired) electrons. The Labute approximate surface area is 150 Å². The first-order chi connectivity index (χ1) is 12.2. The van der Waals surface area contributed by atoms with Crippen molar-refractivity contribution in [2.75, 3.05) is 41.3 Å². The second-order valence-electron chi connectivity index (χ2n) is 6.66. The third-order valence-electron chi connectivity index (χ3n) is 4.88. The highest BCUT2D eigenvalue weighted by Gasteiger charge is 2.15. The summed E-state index contributed by atoms with van der Waals surface area (Å²) in [6, 6.07) is 8.57. The molecule has 1 aliphatic heterocycles. The molecular formula is C19H28N6. The molecule has 1 saturated heterocycles. The van der Waals surface area contributed by atoms with Crippen LogP contribution in [0.4, 0.5) is 23.1 Å². The molecule has 0 amide bonds. The molecular weight excluding hydrogens is 312 g/mol. The van der Waals surface area contributed by atoms with Crippen LogP contribution in [0.2, 0.25) is 0 Å². The van der Waals surface area contributed by atoms with Gasteiger partial charge in [0.1, 0.15) is 0 Å². The van der Waals surface area contributed by atoms with Crippen molar-refractivity contribution < 1.29 is 0 Å². The van der Waals surface area contributed by atoms with Crippen LogP contribution in [-0.2, 0) is 0 Å². The zero-order valence-corrected chi connectivity index (χ0v) is 15.4. The largest absolute Gasteiger partial charge is 0.372 e. The smallest absolute Gasteiger partial charge is 0.247 e. The number of hydrogen-bond donors (Lipinski definition) is 1. The average molecular weight is 340 g/mol. The van der Waals surface area contributed by atoms with E-state index in [9.17, 15) is 0 Å². The lowest BCUT2D eigenvalue weighted by molar-refractivity contribution is 0.438. The van der Waals surface area contributed by atoms with Crippen molar-refractivity contribution in [2.24, 2.45) is 5.92 Å². The van der Waals surface area contributed by atoms with Crippen LogP contribution in [0.1, 0.15) is 33.6 Å². The molecule has 6 nitrogen and oxygen atoms in total. The van der Waals surface area contributed by atoms with Crippen LogP contribution in [0.25, 0.3) is 0 Å². The average Bonchev–Trinajstić information content (AvgIpc) is 2.65. The first-order valence-corrected chi connectivity index (χ1v) is 9.26. The van der Waals surface area contributed by atoms with Crippen LogP contribution in [0, 0.1) is 5.92 Å². The summed E-state index contributed by atoms with van der Waals surface area (Å²) >= 11 is 0. The Hall–Kier alpha value is -2.37. The molecule has 1 aromatic heterocycles. The molecule has 0 saturated carbocycles. The van der Waals surface area contributed by atoms with Gasteiger partial charge in [-0.25, -0.2) is 0 Å². The predicted molar refractivity (Wildman–Crippen MR) is 104 cm³/mol. The molecule has 1 fully saturated rings. The summed E-state index contributed by atoms with van der Waals surface area (Å²) < 4.78 is 0. The normalized spacial score (nSPS) is 15.2. The van der Waals surface area contributed by atoms with E-state index in [0.717, 1.165) is 43.6 Å². The van der Waals surface area contributed by atoms with Gasteiger partial charge in [0.05, 0.1) is 6.20 Å². The van der Waals surface area contributed by atoms with Gasteiger partial charge in [0.2, 0.25) is 5.95 Å². The van der Waals surface area contributed by atoms with Crippen molar-refractivity contribution in [1.82, 2.24) is 15.2 Å². The Balaban J connectivity index is 1.66. The van der Waals surface area contributed by atoms with E-state index in [2.05, 4.69) is 75.3 Å². The maximum Gasteiger partial charge on any atom is 0.247 e. The number of anilines is 4. The lowest BCUT2D eigenvalue weighted by Gasteiger charge is -2.32. The quantitative estimate of drug-likeness (QED) is 0.865. The van der Waals surface area contributed by atoms with E-state index in [0.29, 0.717) is 5.95 Å². The number of nitrogens with one attached hydrogen (secondary N) is 1. The van der Waals surface area contributed by atoms with Gasteiger partial charge in [-0.2, -0.15) is 10.1 Å². The Kier molecular flexibility index (Phi) is 5.68. The van der Waals surface area contributed by atoms with E-state index in [1.54, 1.807) is 6.20 Å². The monoisotopic (exact) mass is 340 g/mol. The summed E-state index contributed by atoms with van der Waals surface area (Å²) in [5.41, 5.74) is 2.31. The van der Waals surface area contributed by atoms with Crippen molar-refractivity contribution in [1.29, 1.82) is 0 Å². The molecule has 0 spiro atoms. The van der Waals surface area contributed by atoms with E-state index in [-0.39, 0.29) is 0 Å². The van der Waals surface area contributed by atoms with Crippen LogP contribution >= 0.6 is 0 Å². The number of piperidine rings is 1. The van der Waals surface area contributed by atoms with Gasteiger partial charge in [-0.15, -0.1) is 5.10 Å². The van der Waals surface area contributed by atoms with Crippen molar-refractivity contribution in [3.63, 3.8) is 0 Å². The molecule has 2 aromatic rings. The van der Waals surface area contributed by atoms with Crippen LogP contribution in [0.5, 0.6) is 0 Å². The Morgan fingerprint density at radius 2 is 1.80 bits per heavy atom.